The molecule has 0 spiro atoms. The fourth-order valence-electron chi connectivity index (χ4n) is 2.33. The molecule has 3 amide bonds. The van der Waals surface area contributed by atoms with E-state index in [1.807, 2.05) is 25.1 Å². The van der Waals surface area contributed by atoms with Gasteiger partial charge in [0.05, 0.1) is 6.42 Å². The number of benzene rings is 1. The molecule has 1 atom stereocenters. The average molecular weight is 340 g/mol. The monoisotopic (exact) mass is 339 g/mol. The van der Waals surface area contributed by atoms with Gasteiger partial charge in [0, 0.05) is 23.6 Å². The molecule has 1 heterocycles. The summed E-state index contributed by atoms with van der Waals surface area (Å²) >= 11 is 3.47. The first-order valence-corrected chi connectivity index (χ1v) is 7.34. The number of hydrogen-bond acceptors (Lipinski definition) is 2. The predicted octanol–water partition coefficient (Wildman–Crippen LogP) is 1.57. The molecule has 6 heteroatoms. The Bertz CT molecular complexity index is 533. The maximum absolute atomic E-state index is 12.0. The van der Waals surface area contributed by atoms with Gasteiger partial charge in [-0.15, -0.1) is 0 Å². The molecular formula is C14H18BrN3O2. The minimum atomic E-state index is -0.428. The van der Waals surface area contributed by atoms with Crippen LogP contribution in [0.3, 0.4) is 0 Å². The van der Waals surface area contributed by atoms with E-state index in [1.165, 1.54) is 0 Å². The van der Waals surface area contributed by atoms with Gasteiger partial charge in [-0.1, -0.05) is 28.1 Å². The Labute approximate surface area is 126 Å². The van der Waals surface area contributed by atoms with Crippen molar-refractivity contribution in [3.05, 3.63) is 33.8 Å². The Morgan fingerprint density at radius 3 is 2.85 bits per heavy atom. The number of urea groups is 1. The predicted molar refractivity (Wildman–Crippen MR) is 80.3 cm³/mol. The second kappa shape index (κ2) is 6.26. The molecule has 2 rings (SSSR count). The first kappa shape index (κ1) is 14.8. The molecule has 1 aromatic carbocycles. The molecule has 108 valence electrons. The van der Waals surface area contributed by atoms with Crippen molar-refractivity contribution in [1.82, 2.24) is 10.2 Å². The second-order valence-corrected chi connectivity index (χ2v) is 5.96. The van der Waals surface area contributed by atoms with E-state index in [9.17, 15) is 9.59 Å². The fraction of sp³-hybridized carbons (Fsp3) is 0.429. The van der Waals surface area contributed by atoms with Crippen molar-refractivity contribution in [2.75, 3.05) is 13.1 Å². The Balaban J connectivity index is 1.88. The zero-order valence-corrected chi connectivity index (χ0v) is 12.9. The number of amides is 3. The molecule has 1 saturated heterocycles. The number of nitrogens with zero attached hydrogens (tertiary/aromatic N) is 1. The van der Waals surface area contributed by atoms with E-state index in [4.69, 9.17) is 5.73 Å². The number of nitrogens with one attached hydrogen (secondary N) is 1. The Hall–Kier alpha value is -1.56. The molecular weight excluding hydrogens is 322 g/mol. The number of likely N-dealkylation sites (tertiary alicyclic amines) is 1. The van der Waals surface area contributed by atoms with Gasteiger partial charge in [0.15, 0.2) is 0 Å². The molecule has 1 aliphatic rings. The van der Waals surface area contributed by atoms with E-state index in [0.29, 0.717) is 19.5 Å². The number of primary amides is 1. The van der Waals surface area contributed by atoms with Gasteiger partial charge in [-0.05, 0) is 30.5 Å². The van der Waals surface area contributed by atoms with E-state index >= 15 is 0 Å². The van der Waals surface area contributed by atoms with Gasteiger partial charge in [-0.3, -0.25) is 4.79 Å². The highest BCUT2D eigenvalue weighted by atomic mass is 79.9. The molecule has 0 bridgehead atoms. The molecule has 1 fully saturated rings. The van der Waals surface area contributed by atoms with Crippen molar-refractivity contribution in [2.24, 2.45) is 5.73 Å². The van der Waals surface area contributed by atoms with Crippen molar-refractivity contribution in [3.8, 4) is 0 Å². The van der Waals surface area contributed by atoms with E-state index in [2.05, 4.69) is 21.2 Å². The molecule has 0 radical (unpaired) electrons. The zero-order valence-electron chi connectivity index (χ0n) is 11.4. The first-order chi connectivity index (χ1) is 9.45. The van der Waals surface area contributed by atoms with Crippen LogP contribution in [0.15, 0.2) is 22.7 Å². The highest BCUT2D eigenvalue weighted by molar-refractivity contribution is 9.10. The summed E-state index contributed by atoms with van der Waals surface area (Å²) in [7, 11) is 0. The van der Waals surface area contributed by atoms with Crippen molar-refractivity contribution >= 4 is 27.9 Å². The standard InChI is InChI=1S/C14H18BrN3O2/c1-9-2-3-10(12(15)6-9)7-13(19)17-11-4-5-18(8-11)14(16)20/h2-3,6,11H,4-5,7-8H2,1H3,(H2,16,20)(H,17,19). The third-order valence-electron chi connectivity index (χ3n) is 3.42. The summed E-state index contributed by atoms with van der Waals surface area (Å²) in [6.45, 7) is 3.11. The van der Waals surface area contributed by atoms with Gasteiger partial charge in [0.2, 0.25) is 5.91 Å². The van der Waals surface area contributed by atoms with Gasteiger partial charge in [0.1, 0.15) is 0 Å². The number of aryl methyl sites for hydroxylation is 1. The lowest BCUT2D eigenvalue weighted by molar-refractivity contribution is -0.121. The highest BCUT2D eigenvalue weighted by Gasteiger charge is 2.25. The summed E-state index contributed by atoms with van der Waals surface area (Å²) in [5.41, 5.74) is 7.32. The molecule has 1 aliphatic heterocycles. The van der Waals surface area contributed by atoms with Gasteiger partial charge in [-0.2, -0.15) is 0 Å². The van der Waals surface area contributed by atoms with Gasteiger partial charge in [0.25, 0.3) is 0 Å². The highest BCUT2D eigenvalue weighted by Crippen LogP contribution is 2.19. The summed E-state index contributed by atoms with van der Waals surface area (Å²) in [6.07, 6.45) is 1.08. The Morgan fingerprint density at radius 2 is 2.25 bits per heavy atom. The Morgan fingerprint density at radius 1 is 1.50 bits per heavy atom. The molecule has 1 unspecified atom stereocenters. The quantitative estimate of drug-likeness (QED) is 0.876. The summed E-state index contributed by atoms with van der Waals surface area (Å²) in [5, 5.41) is 2.94. The van der Waals surface area contributed by atoms with E-state index in [0.717, 1.165) is 22.0 Å². The van der Waals surface area contributed by atoms with Crippen LogP contribution in [-0.2, 0) is 11.2 Å². The summed E-state index contributed by atoms with van der Waals surface area (Å²) in [6, 6.07) is 5.50. The number of halogens is 1. The number of hydrogen-bond donors (Lipinski definition) is 2. The second-order valence-electron chi connectivity index (χ2n) is 5.11. The van der Waals surface area contributed by atoms with Crippen LogP contribution < -0.4 is 11.1 Å². The maximum atomic E-state index is 12.0. The number of carbonyl (C=O) groups is 2. The van der Waals surface area contributed by atoms with E-state index < -0.39 is 6.03 Å². The molecule has 5 nitrogen and oxygen atoms in total. The first-order valence-electron chi connectivity index (χ1n) is 6.54. The molecule has 1 aromatic rings. The van der Waals surface area contributed by atoms with Crippen LogP contribution in [0.1, 0.15) is 17.5 Å². The van der Waals surface area contributed by atoms with Crippen molar-refractivity contribution < 1.29 is 9.59 Å². The van der Waals surface area contributed by atoms with Crippen LogP contribution in [0, 0.1) is 6.92 Å². The minimum absolute atomic E-state index is 0.000719. The third kappa shape index (κ3) is 3.72. The van der Waals surface area contributed by atoms with Crippen molar-refractivity contribution in [2.45, 2.75) is 25.8 Å². The summed E-state index contributed by atoms with van der Waals surface area (Å²) in [5.74, 6) is -0.0362. The molecule has 0 aliphatic carbocycles. The average Bonchev–Trinajstić information content (AvgIpc) is 2.81. The van der Waals surface area contributed by atoms with Crippen LogP contribution in [0.5, 0.6) is 0 Å². The van der Waals surface area contributed by atoms with Gasteiger partial charge in [-0.25, -0.2) is 4.79 Å². The van der Waals surface area contributed by atoms with Gasteiger partial charge >= 0.3 is 6.03 Å². The van der Waals surface area contributed by atoms with Crippen molar-refractivity contribution in [1.29, 1.82) is 0 Å². The van der Waals surface area contributed by atoms with Crippen molar-refractivity contribution in [3.63, 3.8) is 0 Å². The van der Waals surface area contributed by atoms with Crippen LogP contribution in [-0.4, -0.2) is 36.0 Å². The lowest BCUT2D eigenvalue weighted by Crippen LogP contribution is -2.40. The number of rotatable bonds is 3. The van der Waals surface area contributed by atoms with Crippen LogP contribution in [0.4, 0.5) is 4.79 Å². The maximum Gasteiger partial charge on any atom is 0.314 e. The zero-order chi connectivity index (χ0) is 14.7. The largest absolute Gasteiger partial charge is 0.351 e. The van der Waals surface area contributed by atoms with Crippen LogP contribution in [0.25, 0.3) is 0 Å². The van der Waals surface area contributed by atoms with E-state index in [1.54, 1.807) is 4.90 Å². The smallest absolute Gasteiger partial charge is 0.314 e. The fourth-order valence-corrected chi connectivity index (χ4v) is 2.96. The van der Waals surface area contributed by atoms with E-state index in [-0.39, 0.29) is 11.9 Å². The van der Waals surface area contributed by atoms with Crippen LogP contribution in [0.2, 0.25) is 0 Å². The minimum Gasteiger partial charge on any atom is -0.351 e. The Kier molecular flexibility index (Phi) is 4.65. The number of carbonyl (C=O) groups excluding carboxylic acids is 2. The normalized spacial score (nSPS) is 18.1. The molecule has 3 N–H and O–H groups in total. The lowest BCUT2D eigenvalue weighted by atomic mass is 10.1. The molecule has 0 saturated carbocycles. The van der Waals surface area contributed by atoms with Gasteiger partial charge < -0.3 is 16.0 Å². The summed E-state index contributed by atoms with van der Waals surface area (Å²) < 4.78 is 0.942. The number of nitrogens with two attached hydrogens (primary N) is 1. The summed E-state index contributed by atoms with van der Waals surface area (Å²) in [4.78, 5) is 24.6. The molecule has 0 aromatic heterocycles. The third-order valence-corrected chi connectivity index (χ3v) is 4.16. The van der Waals surface area contributed by atoms with Crippen LogP contribution >= 0.6 is 15.9 Å². The SMILES string of the molecule is Cc1ccc(CC(=O)NC2CCN(C(N)=O)C2)c(Br)c1. The lowest BCUT2D eigenvalue weighted by Gasteiger charge is -2.15. The topological polar surface area (TPSA) is 75.4 Å². The molecule has 20 heavy (non-hydrogen) atoms.